The number of nitrogens with zero attached hydrogens (tertiary/aromatic N) is 3. The van der Waals surface area contributed by atoms with Crippen LogP contribution in [0, 0.1) is 17.8 Å². The molecule has 0 spiro atoms. The number of fused-ring (bicyclic) bond motifs is 1. The Labute approximate surface area is 165 Å². The van der Waals surface area contributed by atoms with E-state index in [1.165, 1.54) is 5.56 Å². The van der Waals surface area contributed by atoms with Gasteiger partial charge in [-0.1, -0.05) is 37.3 Å². The fourth-order valence-electron chi connectivity index (χ4n) is 5.18. The van der Waals surface area contributed by atoms with Crippen LogP contribution in [0.25, 0.3) is 0 Å². The van der Waals surface area contributed by atoms with Crippen LogP contribution in [0.15, 0.2) is 41.2 Å². The molecule has 1 aliphatic carbocycles. The van der Waals surface area contributed by atoms with Crippen LogP contribution < -0.4 is 15.4 Å². The third kappa shape index (κ3) is 3.20. The molecule has 3 fully saturated rings. The first-order valence-electron chi connectivity index (χ1n) is 10.4. The largest absolute Gasteiger partial charge is 0.375 e. The minimum absolute atomic E-state index is 0.0776. The summed E-state index contributed by atoms with van der Waals surface area (Å²) in [5.74, 6) is 3.66. The zero-order chi connectivity index (χ0) is 19.3. The maximum atomic E-state index is 12.4. The van der Waals surface area contributed by atoms with Crippen molar-refractivity contribution < 1.29 is 4.74 Å². The standard InChI is InChI=1S/C22H28N4O2/c1-14-12-25(8-9-28-14)19-11-20(27)24-22(23-19)26-13-17-15(2)21(17)18(26)10-16-6-4-3-5-7-16/h3-7,11,14-15,17-18,21H,8-10,12-13H2,1-2H3,(H,23,24,27)/t14-,15?,17?,18+,21?/m1/s1. The molecule has 1 saturated carbocycles. The van der Waals surface area contributed by atoms with Gasteiger partial charge in [-0.25, -0.2) is 0 Å². The number of aromatic nitrogens is 2. The summed E-state index contributed by atoms with van der Waals surface area (Å²) < 4.78 is 5.64. The third-order valence-corrected chi connectivity index (χ3v) is 6.73. The number of hydrogen-bond donors (Lipinski definition) is 1. The van der Waals surface area contributed by atoms with Crippen molar-refractivity contribution in [3.63, 3.8) is 0 Å². The van der Waals surface area contributed by atoms with Gasteiger partial charge in [0.05, 0.1) is 12.7 Å². The van der Waals surface area contributed by atoms with Crippen LogP contribution in [0.5, 0.6) is 0 Å². The summed E-state index contributed by atoms with van der Waals surface area (Å²) >= 11 is 0. The Hall–Kier alpha value is -2.34. The molecule has 3 aliphatic rings. The average molecular weight is 380 g/mol. The second kappa shape index (κ2) is 6.92. The van der Waals surface area contributed by atoms with Crippen molar-refractivity contribution in [2.75, 3.05) is 36.0 Å². The fourth-order valence-corrected chi connectivity index (χ4v) is 5.18. The molecule has 3 heterocycles. The van der Waals surface area contributed by atoms with E-state index in [1.54, 1.807) is 6.07 Å². The number of hydrogen-bond acceptors (Lipinski definition) is 5. The predicted octanol–water partition coefficient (Wildman–Crippen LogP) is 2.31. The molecule has 0 bridgehead atoms. The van der Waals surface area contributed by atoms with Crippen LogP contribution in [-0.4, -0.2) is 48.4 Å². The van der Waals surface area contributed by atoms with Gasteiger partial charge in [-0.3, -0.25) is 9.78 Å². The highest BCUT2D eigenvalue weighted by Gasteiger charge is 2.59. The first-order valence-corrected chi connectivity index (χ1v) is 10.4. The molecular weight excluding hydrogens is 352 g/mol. The number of anilines is 2. The van der Waals surface area contributed by atoms with E-state index in [2.05, 4.69) is 59.0 Å². The van der Waals surface area contributed by atoms with Gasteiger partial charge in [0.15, 0.2) is 0 Å². The topological polar surface area (TPSA) is 61.5 Å². The first-order chi connectivity index (χ1) is 13.6. The van der Waals surface area contributed by atoms with Gasteiger partial charge in [0.1, 0.15) is 5.82 Å². The van der Waals surface area contributed by atoms with Gasteiger partial charge in [-0.05, 0) is 36.7 Å². The van der Waals surface area contributed by atoms with Crippen molar-refractivity contribution in [3.05, 3.63) is 52.3 Å². The first kappa shape index (κ1) is 17.7. The van der Waals surface area contributed by atoms with Crippen LogP contribution in [-0.2, 0) is 11.2 Å². The van der Waals surface area contributed by atoms with Crippen LogP contribution >= 0.6 is 0 Å². The van der Waals surface area contributed by atoms with Gasteiger partial charge in [-0.15, -0.1) is 0 Å². The quantitative estimate of drug-likeness (QED) is 0.882. The lowest BCUT2D eigenvalue weighted by molar-refractivity contribution is 0.0529. The minimum Gasteiger partial charge on any atom is -0.375 e. The summed E-state index contributed by atoms with van der Waals surface area (Å²) in [6.07, 6.45) is 1.15. The molecule has 28 heavy (non-hydrogen) atoms. The van der Waals surface area contributed by atoms with Crippen molar-refractivity contribution in [1.29, 1.82) is 0 Å². The van der Waals surface area contributed by atoms with Crippen molar-refractivity contribution >= 4 is 11.8 Å². The second-order valence-electron chi connectivity index (χ2n) is 8.56. The number of rotatable bonds is 4. The van der Waals surface area contributed by atoms with Crippen molar-refractivity contribution in [3.8, 4) is 0 Å². The van der Waals surface area contributed by atoms with Gasteiger partial charge in [0.25, 0.3) is 5.56 Å². The summed E-state index contributed by atoms with van der Waals surface area (Å²) in [7, 11) is 0. The van der Waals surface area contributed by atoms with Gasteiger partial charge >= 0.3 is 0 Å². The Morgan fingerprint density at radius 1 is 1.21 bits per heavy atom. The summed E-state index contributed by atoms with van der Waals surface area (Å²) in [5.41, 5.74) is 1.27. The molecule has 0 amide bonds. The highest BCUT2D eigenvalue weighted by Crippen LogP contribution is 2.56. The van der Waals surface area contributed by atoms with E-state index in [4.69, 9.17) is 9.72 Å². The molecule has 1 aromatic heterocycles. The molecule has 1 aromatic carbocycles. The van der Waals surface area contributed by atoms with E-state index in [0.29, 0.717) is 24.5 Å². The van der Waals surface area contributed by atoms with Crippen molar-refractivity contribution in [2.24, 2.45) is 17.8 Å². The minimum atomic E-state index is -0.0776. The summed E-state index contributed by atoms with van der Waals surface area (Å²) in [4.78, 5) is 24.8. The van der Waals surface area contributed by atoms with E-state index >= 15 is 0 Å². The zero-order valence-corrected chi connectivity index (χ0v) is 16.5. The monoisotopic (exact) mass is 380 g/mol. The lowest BCUT2D eigenvalue weighted by Gasteiger charge is -2.33. The molecule has 2 aromatic rings. The fraction of sp³-hybridized carbons (Fsp3) is 0.545. The molecule has 1 N–H and O–H groups in total. The SMILES string of the molecule is CC1C2CN(c3nc(N4CCO[C@H](C)C4)cc(=O)[nH]3)[C@@H](Cc3ccccc3)C12. The van der Waals surface area contributed by atoms with Gasteiger partial charge in [0.2, 0.25) is 5.95 Å². The van der Waals surface area contributed by atoms with Gasteiger partial charge < -0.3 is 14.5 Å². The van der Waals surface area contributed by atoms with Crippen molar-refractivity contribution in [1.82, 2.24) is 9.97 Å². The maximum absolute atomic E-state index is 12.4. The van der Waals surface area contributed by atoms with E-state index in [-0.39, 0.29) is 11.7 Å². The molecule has 3 unspecified atom stereocenters. The zero-order valence-electron chi connectivity index (χ0n) is 16.5. The Kier molecular flexibility index (Phi) is 4.38. The van der Waals surface area contributed by atoms with Crippen LogP contribution in [0.4, 0.5) is 11.8 Å². The molecule has 5 rings (SSSR count). The Morgan fingerprint density at radius 3 is 2.82 bits per heavy atom. The molecule has 5 atom stereocenters. The van der Waals surface area contributed by atoms with E-state index < -0.39 is 0 Å². The molecular formula is C22H28N4O2. The number of ether oxygens (including phenoxy) is 1. The van der Waals surface area contributed by atoms with Crippen LogP contribution in [0.2, 0.25) is 0 Å². The third-order valence-electron chi connectivity index (χ3n) is 6.73. The van der Waals surface area contributed by atoms with Gasteiger partial charge in [0, 0.05) is 31.7 Å². The van der Waals surface area contributed by atoms with E-state index in [0.717, 1.165) is 43.7 Å². The van der Waals surface area contributed by atoms with E-state index in [1.807, 2.05) is 0 Å². The number of aromatic amines is 1. The number of benzene rings is 1. The van der Waals surface area contributed by atoms with Crippen LogP contribution in [0.3, 0.4) is 0 Å². The molecule has 2 saturated heterocycles. The van der Waals surface area contributed by atoms with E-state index in [9.17, 15) is 4.79 Å². The van der Waals surface area contributed by atoms with Crippen molar-refractivity contribution in [2.45, 2.75) is 32.4 Å². The molecule has 2 aliphatic heterocycles. The highest BCUT2D eigenvalue weighted by atomic mass is 16.5. The summed E-state index contributed by atoms with van der Waals surface area (Å²) in [6.45, 7) is 7.61. The Balaban J connectivity index is 1.43. The lowest BCUT2D eigenvalue weighted by atomic mass is 10.0. The average Bonchev–Trinajstić information content (AvgIpc) is 3.16. The Morgan fingerprint density at radius 2 is 2.04 bits per heavy atom. The number of nitrogens with one attached hydrogen (secondary N) is 1. The normalized spacial score (nSPS) is 31.7. The molecule has 148 valence electrons. The second-order valence-corrected chi connectivity index (χ2v) is 8.56. The highest BCUT2D eigenvalue weighted by molar-refractivity contribution is 5.47. The number of piperidine rings is 1. The predicted molar refractivity (Wildman–Crippen MR) is 110 cm³/mol. The van der Waals surface area contributed by atoms with Crippen LogP contribution in [0.1, 0.15) is 19.4 Å². The summed E-state index contributed by atoms with van der Waals surface area (Å²) in [6, 6.07) is 12.7. The lowest BCUT2D eigenvalue weighted by Crippen LogP contribution is -2.43. The molecule has 0 radical (unpaired) electrons. The number of H-pyrrole nitrogens is 1. The maximum Gasteiger partial charge on any atom is 0.254 e. The Bertz CT molecular complexity index is 899. The molecule has 6 heteroatoms. The van der Waals surface area contributed by atoms with Gasteiger partial charge in [-0.2, -0.15) is 4.98 Å². The number of morpholine rings is 1. The summed E-state index contributed by atoms with van der Waals surface area (Å²) in [5, 5.41) is 0. The smallest absolute Gasteiger partial charge is 0.254 e. The molecule has 6 nitrogen and oxygen atoms in total.